The molecule has 0 unspecified atom stereocenters. The largest absolute Gasteiger partial charge is 0.505 e. The van der Waals surface area contributed by atoms with Gasteiger partial charge in [0.05, 0.1) is 33.4 Å². The monoisotopic (exact) mass is 746 g/mol. The number of aryl methyl sites for hydroxylation is 2. The standard InChI is InChI=1S/C48H46N2O2S2/c1-31-25-33(47(51)43(27-31)49-39-19-11-7-15-35(39)36-16-8-12-20-40(36)49)29-53-45-23-5-3-4-6-24-46(45)54-30-34-26-32(2)28-44(48(34)52)50-41-21-13-9-17-37(41)38-18-10-14-22-42(38)50/h7-22,25-28,45-46,51-52H,3-6,23-24,29-30H2,1-2H3/t45-,46-/m0/s1. The number of thioether (sulfide) groups is 2. The number of fused-ring (bicyclic) bond motifs is 6. The average molecular weight is 747 g/mol. The molecule has 0 saturated heterocycles. The number of aromatic hydroxyl groups is 2. The lowest BCUT2D eigenvalue weighted by Crippen LogP contribution is -2.22. The fraction of sp³-hybridized carbons (Fsp3) is 0.250. The fourth-order valence-electron chi connectivity index (χ4n) is 8.78. The van der Waals surface area contributed by atoms with E-state index in [-0.39, 0.29) is 0 Å². The van der Waals surface area contributed by atoms with Crippen molar-refractivity contribution in [2.75, 3.05) is 0 Å². The Morgan fingerprint density at radius 3 is 1.17 bits per heavy atom. The van der Waals surface area contributed by atoms with Crippen LogP contribution >= 0.6 is 23.5 Å². The normalized spacial score (nSPS) is 16.7. The van der Waals surface area contributed by atoms with E-state index in [9.17, 15) is 10.2 Å². The van der Waals surface area contributed by atoms with Crippen LogP contribution in [0, 0.1) is 13.8 Å². The first-order valence-corrected chi connectivity index (χ1v) is 21.4. The molecule has 54 heavy (non-hydrogen) atoms. The lowest BCUT2D eigenvalue weighted by Gasteiger charge is -2.29. The Morgan fingerprint density at radius 1 is 0.481 bits per heavy atom. The Labute approximate surface area is 325 Å². The van der Waals surface area contributed by atoms with Crippen molar-refractivity contribution >= 4 is 67.1 Å². The van der Waals surface area contributed by atoms with E-state index in [4.69, 9.17) is 0 Å². The van der Waals surface area contributed by atoms with E-state index in [1.54, 1.807) is 0 Å². The highest BCUT2D eigenvalue weighted by Crippen LogP contribution is 2.43. The van der Waals surface area contributed by atoms with E-state index in [0.29, 0.717) is 22.0 Å². The van der Waals surface area contributed by atoms with Gasteiger partial charge >= 0.3 is 0 Å². The van der Waals surface area contributed by atoms with E-state index >= 15 is 0 Å². The molecule has 9 rings (SSSR count). The predicted molar refractivity (Wildman–Crippen MR) is 232 cm³/mol. The molecule has 272 valence electrons. The first kappa shape index (κ1) is 35.0. The molecule has 2 atom stereocenters. The first-order chi connectivity index (χ1) is 26.5. The number of para-hydroxylation sites is 4. The number of phenols is 2. The molecule has 1 fully saturated rings. The van der Waals surface area contributed by atoms with E-state index in [1.165, 1.54) is 60.1 Å². The molecule has 4 nitrogen and oxygen atoms in total. The summed E-state index contributed by atoms with van der Waals surface area (Å²) in [6.45, 7) is 4.28. The summed E-state index contributed by atoms with van der Waals surface area (Å²) < 4.78 is 4.47. The maximum Gasteiger partial charge on any atom is 0.143 e. The van der Waals surface area contributed by atoms with Crippen molar-refractivity contribution in [3.8, 4) is 22.9 Å². The molecule has 0 spiro atoms. The zero-order valence-electron chi connectivity index (χ0n) is 31.0. The number of nitrogens with zero attached hydrogens (tertiary/aromatic N) is 2. The summed E-state index contributed by atoms with van der Waals surface area (Å²) in [7, 11) is 0. The van der Waals surface area contributed by atoms with Crippen molar-refractivity contribution in [1.29, 1.82) is 0 Å². The zero-order valence-corrected chi connectivity index (χ0v) is 32.6. The van der Waals surface area contributed by atoms with Crippen LogP contribution in [0.1, 0.15) is 60.8 Å². The summed E-state index contributed by atoms with van der Waals surface area (Å²) in [4.78, 5) is 0. The van der Waals surface area contributed by atoms with Gasteiger partial charge in [-0.1, -0.05) is 111 Å². The summed E-state index contributed by atoms with van der Waals surface area (Å²) in [6, 6.07) is 42.6. The van der Waals surface area contributed by atoms with E-state index in [1.807, 2.05) is 23.5 Å². The van der Waals surface area contributed by atoms with Crippen molar-refractivity contribution in [3.63, 3.8) is 0 Å². The Morgan fingerprint density at radius 2 is 0.815 bits per heavy atom. The quantitative estimate of drug-likeness (QED) is 0.163. The van der Waals surface area contributed by atoms with Gasteiger partial charge < -0.3 is 19.3 Å². The second-order valence-electron chi connectivity index (χ2n) is 15.0. The van der Waals surface area contributed by atoms with Gasteiger partial charge in [0, 0.05) is 54.7 Å². The van der Waals surface area contributed by atoms with Crippen LogP contribution in [0.4, 0.5) is 0 Å². The summed E-state index contributed by atoms with van der Waals surface area (Å²) in [5.41, 5.74) is 10.4. The van der Waals surface area contributed by atoms with Crippen LogP contribution < -0.4 is 0 Å². The zero-order chi connectivity index (χ0) is 36.8. The predicted octanol–water partition coefficient (Wildman–Crippen LogP) is 13.2. The average Bonchev–Trinajstić information content (AvgIpc) is 3.69. The second kappa shape index (κ2) is 14.8. The highest BCUT2D eigenvalue weighted by Gasteiger charge is 2.26. The summed E-state index contributed by atoms with van der Waals surface area (Å²) in [5.74, 6) is 2.26. The molecule has 6 heteroatoms. The van der Waals surface area contributed by atoms with Crippen LogP contribution in [-0.2, 0) is 11.5 Å². The Bertz CT molecular complexity index is 2360. The third-order valence-corrected chi connectivity index (χ3v) is 14.4. The van der Waals surface area contributed by atoms with Gasteiger partial charge in [-0.2, -0.15) is 23.5 Å². The highest BCUT2D eigenvalue weighted by atomic mass is 32.2. The minimum Gasteiger partial charge on any atom is -0.505 e. The molecular weight excluding hydrogens is 701 g/mol. The van der Waals surface area contributed by atoms with Gasteiger partial charge in [0.15, 0.2) is 0 Å². The number of benzene rings is 6. The third kappa shape index (κ3) is 6.33. The van der Waals surface area contributed by atoms with Crippen LogP contribution in [0.3, 0.4) is 0 Å². The van der Waals surface area contributed by atoms with Crippen LogP contribution in [-0.4, -0.2) is 29.8 Å². The van der Waals surface area contributed by atoms with Gasteiger partial charge in [-0.3, -0.25) is 0 Å². The van der Waals surface area contributed by atoms with Crippen molar-refractivity contribution in [3.05, 3.63) is 144 Å². The van der Waals surface area contributed by atoms with E-state index < -0.39 is 0 Å². The summed E-state index contributed by atoms with van der Waals surface area (Å²) in [5, 5.41) is 29.6. The molecule has 1 saturated carbocycles. The Kier molecular flexibility index (Phi) is 9.58. The number of rotatable bonds is 8. The number of hydrogen-bond donors (Lipinski definition) is 2. The molecule has 1 aliphatic rings. The van der Waals surface area contributed by atoms with Crippen LogP contribution in [0.5, 0.6) is 11.5 Å². The van der Waals surface area contributed by atoms with Gasteiger partial charge in [0.2, 0.25) is 0 Å². The Hall–Kier alpha value is -4.78. The molecular formula is C48H46N2O2S2. The molecule has 8 aromatic rings. The molecule has 2 heterocycles. The number of aromatic nitrogens is 2. The lowest BCUT2D eigenvalue weighted by atomic mass is 10.00. The van der Waals surface area contributed by atoms with Gasteiger partial charge in [-0.15, -0.1) is 0 Å². The van der Waals surface area contributed by atoms with Crippen molar-refractivity contribution < 1.29 is 10.2 Å². The second-order valence-corrected chi connectivity index (χ2v) is 17.5. The van der Waals surface area contributed by atoms with E-state index in [0.717, 1.165) is 67.2 Å². The van der Waals surface area contributed by atoms with Crippen molar-refractivity contribution in [2.45, 2.75) is 74.4 Å². The third-order valence-electron chi connectivity index (χ3n) is 11.3. The number of hydrogen-bond acceptors (Lipinski definition) is 4. The maximum absolute atomic E-state index is 12.0. The maximum atomic E-state index is 12.0. The van der Waals surface area contributed by atoms with Crippen LogP contribution in [0.2, 0.25) is 0 Å². The van der Waals surface area contributed by atoms with Crippen molar-refractivity contribution in [1.82, 2.24) is 9.13 Å². The minimum absolute atomic E-state index is 0.372. The molecule has 0 amide bonds. The summed E-state index contributed by atoms with van der Waals surface area (Å²) in [6.07, 6.45) is 7.36. The smallest absolute Gasteiger partial charge is 0.143 e. The molecule has 0 bridgehead atoms. The molecule has 6 aromatic carbocycles. The van der Waals surface area contributed by atoms with Gasteiger partial charge in [-0.05, 0) is 74.2 Å². The topological polar surface area (TPSA) is 50.3 Å². The minimum atomic E-state index is 0.372. The van der Waals surface area contributed by atoms with E-state index in [2.05, 4.69) is 144 Å². The molecule has 2 aromatic heterocycles. The fourth-order valence-corrected chi connectivity index (χ4v) is 11.9. The molecule has 0 radical (unpaired) electrons. The van der Waals surface area contributed by atoms with Gasteiger partial charge in [-0.25, -0.2) is 0 Å². The van der Waals surface area contributed by atoms with Crippen LogP contribution in [0.15, 0.2) is 121 Å². The summed E-state index contributed by atoms with van der Waals surface area (Å²) >= 11 is 4.01. The number of phenolic OH excluding ortho intramolecular Hbond substituents is 2. The highest BCUT2D eigenvalue weighted by molar-refractivity contribution is 8.03. The van der Waals surface area contributed by atoms with Crippen LogP contribution in [0.25, 0.3) is 55.0 Å². The molecule has 2 N–H and O–H groups in total. The first-order valence-electron chi connectivity index (χ1n) is 19.3. The van der Waals surface area contributed by atoms with Gasteiger partial charge in [0.1, 0.15) is 11.5 Å². The lowest BCUT2D eigenvalue weighted by molar-refractivity contribution is 0.467. The molecule has 1 aliphatic carbocycles. The van der Waals surface area contributed by atoms with Gasteiger partial charge in [0.25, 0.3) is 0 Å². The van der Waals surface area contributed by atoms with Crippen molar-refractivity contribution in [2.24, 2.45) is 0 Å². The SMILES string of the molecule is Cc1cc(CS[C@H]2CCCCCC[C@@H]2SCc2cc(C)cc(-n3c4ccccc4c4ccccc43)c2O)c(O)c(-n2c3ccccc3c3ccccc32)c1. The Balaban J connectivity index is 1.00. The molecule has 0 aliphatic heterocycles.